The van der Waals surface area contributed by atoms with Crippen LogP contribution in [0.5, 0.6) is 11.5 Å². The molecular formula is C13H15ClO3. The molecule has 0 radical (unpaired) electrons. The van der Waals surface area contributed by atoms with Gasteiger partial charge in [-0.1, -0.05) is 12.2 Å². The van der Waals surface area contributed by atoms with Gasteiger partial charge in [-0.25, -0.2) is 0 Å². The number of halogens is 1. The highest BCUT2D eigenvalue weighted by atomic mass is 35.5. The molecule has 0 unspecified atom stereocenters. The van der Waals surface area contributed by atoms with Crippen LogP contribution in [0.2, 0.25) is 0 Å². The van der Waals surface area contributed by atoms with Crippen molar-refractivity contribution in [3.8, 4) is 11.5 Å². The number of benzene rings is 1. The van der Waals surface area contributed by atoms with Gasteiger partial charge in [0.15, 0.2) is 17.3 Å². The van der Waals surface area contributed by atoms with Crippen molar-refractivity contribution >= 4 is 17.4 Å². The molecule has 0 bridgehead atoms. The Morgan fingerprint density at radius 2 is 2.12 bits per heavy atom. The second kappa shape index (κ2) is 6.97. The molecule has 92 valence electrons. The van der Waals surface area contributed by atoms with Crippen molar-refractivity contribution in [3.63, 3.8) is 0 Å². The average molecular weight is 255 g/mol. The maximum Gasteiger partial charge on any atom is 0.161 e. The topological polar surface area (TPSA) is 35.5 Å². The summed E-state index contributed by atoms with van der Waals surface area (Å²) in [7, 11) is 1.54. The number of methoxy groups -OCH3 is 1. The lowest BCUT2D eigenvalue weighted by Crippen LogP contribution is -1.99. The summed E-state index contributed by atoms with van der Waals surface area (Å²) < 4.78 is 10.6. The standard InChI is InChI=1S/C13H15ClO3/c1-10(15)11-5-6-12(13(9-11)16-2)17-8-4-3-7-14/h3-6,9H,7-8H2,1-2H3. The molecule has 0 aromatic heterocycles. The minimum atomic E-state index is -0.00288. The summed E-state index contributed by atoms with van der Waals surface area (Å²) in [4.78, 5) is 11.2. The van der Waals surface area contributed by atoms with Crippen LogP contribution >= 0.6 is 11.6 Å². The van der Waals surface area contributed by atoms with Crippen LogP contribution in [-0.2, 0) is 0 Å². The Labute approximate surface area is 106 Å². The molecule has 0 fully saturated rings. The van der Waals surface area contributed by atoms with Gasteiger partial charge in [0.05, 0.1) is 7.11 Å². The first kappa shape index (κ1) is 13.6. The van der Waals surface area contributed by atoms with Crippen LogP contribution in [0.1, 0.15) is 17.3 Å². The second-order valence-electron chi connectivity index (χ2n) is 3.36. The Hall–Kier alpha value is -1.48. The van der Waals surface area contributed by atoms with Gasteiger partial charge in [0.1, 0.15) is 6.61 Å². The van der Waals surface area contributed by atoms with Crippen LogP contribution in [0.4, 0.5) is 0 Å². The van der Waals surface area contributed by atoms with E-state index in [9.17, 15) is 4.79 Å². The molecule has 0 amide bonds. The molecule has 0 heterocycles. The van der Waals surface area contributed by atoms with Crippen LogP contribution < -0.4 is 9.47 Å². The van der Waals surface area contributed by atoms with Gasteiger partial charge in [0.25, 0.3) is 0 Å². The Bertz CT molecular complexity index is 413. The molecule has 3 nitrogen and oxygen atoms in total. The molecule has 0 aliphatic rings. The molecule has 17 heavy (non-hydrogen) atoms. The molecule has 0 saturated heterocycles. The summed E-state index contributed by atoms with van der Waals surface area (Å²) in [6, 6.07) is 5.11. The highest BCUT2D eigenvalue weighted by Crippen LogP contribution is 2.28. The summed E-state index contributed by atoms with van der Waals surface area (Å²) in [6.45, 7) is 1.93. The number of rotatable bonds is 6. The average Bonchev–Trinajstić information content (AvgIpc) is 2.34. The Balaban J connectivity index is 2.78. The number of allylic oxidation sites excluding steroid dienone is 1. The summed E-state index contributed by atoms with van der Waals surface area (Å²) >= 11 is 5.49. The number of alkyl halides is 1. The van der Waals surface area contributed by atoms with Crippen LogP contribution in [-0.4, -0.2) is 25.4 Å². The number of ether oxygens (including phenoxy) is 2. The second-order valence-corrected chi connectivity index (χ2v) is 3.67. The molecule has 1 rings (SSSR count). The first-order valence-corrected chi connectivity index (χ1v) is 5.75. The SMILES string of the molecule is COc1cc(C(C)=O)ccc1OCC=CCCl. The van der Waals surface area contributed by atoms with Crippen molar-refractivity contribution in [2.45, 2.75) is 6.92 Å². The van der Waals surface area contributed by atoms with E-state index in [4.69, 9.17) is 21.1 Å². The molecule has 0 saturated carbocycles. The van der Waals surface area contributed by atoms with Gasteiger partial charge in [-0.3, -0.25) is 4.79 Å². The van der Waals surface area contributed by atoms with E-state index >= 15 is 0 Å². The first-order valence-electron chi connectivity index (χ1n) is 5.21. The zero-order valence-corrected chi connectivity index (χ0v) is 10.7. The predicted octanol–water partition coefficient (Wildman–Crippen LogP) is 3.07. The molecule has 1 aromatic carbocycles. The van der Waals surface area contributed by atoms with E-state index in [2.05, 4.69) is 0 Å². The molecule has 0 spiro atoms. The van der Waals surface area contributed by atoms with Crippen LogP contribution in [0, 0.1) is 0 Å². The number of hydrogen-bond acceptors (Lipinski definition) is 3. The molecule has 0 atom stereocenters. The summed E-state index contributed by atoms with van der Waals surface area (Å²) in [5.41, 5.74) is 0.602. The van der Waals surface area contributed by atoms with Crippen molar-refractivity contribution in [2.24, 2.45) is 0 Å². The van der Waals surface area contributed by atoms with E-state index in [1.54, 1.807) is 31.4 Å². The number of ketones is 1. The van der Waals surface area contributed by atoms with Crippen molar-refractivity contribution in [1.29, 1.82) is 0 Å². The molecule has 1 aromatic rings. The fourth-order valence-corrected chi connectivity index (χ4v) is 1.40. The van der Waals surface area contributed by atoms with E-state index < -0.39 is 0 Å². The van der Waals surface area contributed by atoms with Gasteiger partial charge >= 0.3 is 0 Å². The first-order chi connectivity index (χ1) is 8.19. The van der Waals surface area contributed by atoms with Gasteiger partial charge in [-0.15, -0.1) is 11.6 Å². The van der Waals surface area contributed by atoms with Crippen LogP contribution in [0.3, 0.4) is 0 Å². The van der Waals surface area contributed by atoms with Gasteiger partial charge in [0.2, 0.25) is 0 Å². The zero-order chi connectivity index (χ0) is 12.7. The third-order valence-electron chi connectivity index (χ3n) is 2.16. The highest BCUT2D eigenvalue weighted by molar-refractivity contribution is 6.18. The van der Waals surface area contributed by atoms with E-state index in [-0.39, 0.29) is 5.78 Å². The molecular weight excluding hydrogens is 240 g/mol. The van der Waals surface area contributed by atoms with E-state index in [1.807, 2.05) is 6.08 Å². The van der Waals surface area contributed by atoms with Gasteiger partial charge < -0.3 is 9.47 Å². The highest BCUT2D eigenvalue weighted by Gasteiger charge is 2.07. The smallest absolute Gasteiger partial charge is 0.161 e. The fourth-order valence-electron chi connectivity index (χ4n) is 1.27. The van der Waals surface area contributed by atoms with Crippen LogP contribution in [0.15, 0.2) is 30.4 Å². The molecule has 0 aliphatic carbocycles. The van der Waals surface area contributed by atoms with Gasteiger partial charge in [0, 0.05) is 11.4 Å². The van der Waals surface area contributed by atoms with Gasteiger partial charge in [-0.05, 0) is 25.1 Å². The monoisotopic (exact) mass is 254 g/mol. The molecule has 4 heteroatoms. The number of Topliss-reactive ketones (excluding diaryl/α,β-unsaturated/α-hetero) is 1. The summed E-state index contributed by atoms with van der Waals surface area (Å²) in [5, 5.41) is 0. The summed E-state index contributed by atoms with van der Waals surface area (Å²) in [6.07, 6.45) is 3.63. The normalized spacial score (nSPS) is 10.5. The van der Waals surface area contributed by atoms with Crippen molar-refractivity contribution in [3.05, 3.63) is 35.9 Å². The third kappa shape index (κ3) is 4.11. The Morgan fingerprint density at radius 3 is 2.71 bits per heavy atom. The maximum atomic E-state index is 11.2. The maximum absolute atomic E-state index is 11.2. The number of carbonyl (C=O) groups excluding carboxylic acids is 1. The lowest BCUT2D eigenvalue weighted by atomic mass is 10.1. The zero-order valence-electron chi connectivity index (χ0n) is 9.90. The summed E-state index contributed by atoms with van der Waals surface area (Å²) in [5.74, 6) is 1.62. The van der Waals surface area contributed by atoms with Crippen molar-refractivity contribution < 1.29 is 14.3 Å². The third-order valence-corrected chi connectivity index (χ3v) is 2.34. The lowest BCUT2D eigenvalue weighted by molar-refractivity contribution is 0.101. The Morgan fingerprint density at radius 1 is 1.35 bits per heavy atom. The number of carbonyl (C=O) groups is 1. The van der Waals surface area contributed by atoms with Crippen LogP contribution in [0.25, 0.3) is 0 Å². The quantitative estimate of drug-likeness (QED) is 0.445. The Kier molecular flexibility index (Phi) is 5.57. The minimum absolute atomic E-state index is 0.00288. The largest absolute Gasteiger partial charge is 0.493 e. The van der Waals surface area contributed by atoms with Gasteiger partial charge in [-0.2, -0.15) is 0 Å². The molecule has 0 N–H and O–H groups in total. The van der Waals surface area contributed by atoms with Crippen molar-refractivity contribution in [1.82, 2.24) is 0 Å². The number of hydrogen-bond donors (Lipinski definition) is 0. The van der Waals surface area contributed by atoms with Crippen molar-refractivity contribution in [2.75, 3.05) is 19.6 Å². The molecule has 0 aliphatic heterocycles. The fraction of sp³-hybridized carbons (Fsp3) is 0.308. The minimum Gasteiger partial charge on any atom is -0.493 e. The predicted molar refractivity (Wildman–Crippen MR) is 68.4 cm³/mol. The lowest BCUT2D eigenvalue weighted by Gasteiger charge is -2.09. The van der Waals surface area contributed by atoms with E-state index in [0.717, 1.165) is 0 Å². The van der Waals surface area contributed by atoms with E-state index in [0.29, 0.717) is 29.5 Å². The van der Waals surface area contributed by atoms with E-state index in [1.165, 1.54) is 6.92 Å².